The van der Waals surface area contributed by atoms with E-state index in [4.69, 9.17) is 0 Å². The molecule has 1 saturated heterocycles. The zero-order chi connectivity index (χ0) is 11.6. The van der Waals surface area contributed by atoms with E-state index in [2.05, 4.69) is 31.7 Å². The molecule has 0 aromatic heterocycles. The molecule has 1 fully saturated rings. The van der Waals surface area contributed by atoms with Crippen LogP contribution in [0.5, 0.6) is 0 Å². The minimum absolute atomic E-state index is 0.490. The second kappa shape index (κ2) is 4.81. The first-order valence-electron chi connectivity index (χ1n) is 7.01. The van der Waals surface area contributed by atoms with E-state index < -0.39 is 0 Å². The summed E-state index contributed by atoms with van der Waals surface area (Å²) in [5.41, 5.74) is 2.14. The lowest BCUT2D eigenvalue weighted by Crippen LogP contribution is -2.32. The number of likely N-dealkylation sites (tertiary alicyclic amines) is 1. The minimum Gasteiger partial charge on any atom is -0.375 e. The van der Waals surface area contributed by atoms with E-state index in [9.17, 15) is 0 Å². The maximum atomic E-state index is 2.64. The van der Waals surface area contributed by atoms with Gasteiger partial charge in [0.05, 0.1) is 0 Å². The Kier molecular flexibility index (Phi) is 3.61. The Labute approximate surface area is 101 Å². The first-order chi connectivity index (χ1) is 7.57. The summed E-state index contributed by atoms with van der Waals surface area (Å²) in [6.07, 6.45) is 10.8. The summed E-state index contributed by atoms with van der Waals surface area (Å²) in [5.74, 6) is 0.890. The molecule has 1 heterocycles. The third-order valence-corrected chi connectivity index (χ3v) is 4.37. The van der Waals surface area contributed by atoms with Crippen molar-refractivity contribution in [2.24, 2.45) is 11.3 Å². The van der Waals surface area contributed by atoms with Crippen molar-refractivity contribution in [3.8, 4) is 0 Å². The fourth-order valence-electron chi connectivity index (χ4n) is 3.08. The standard InChI is InChI=1S/C15H27N/c1-15(2,3)13-7-9-14(10-8-13)16-11-5-4-6-12-16/h9,13H,4-8,10-12H2,1-3H3. The van der Waals surface area contributed by atoms with E-state index >= 15 is 0 Å². The zero-order valence-electron chi connectivity index (χ0n) is 11.3. The molecular formula is C15H27N. The summed E-state index contributed by atoms with van der Waals surface area (Å²) in [6.45, 7) is 9.78. The Bertz CT molecular complexity index is 253. The van der Waals surface area contributed by atoms with Crippen LogP contribution in [0.15, 0.2) is 11.8 Å². The first kappa shape index (κ1) is 12.0. The monoisotopic (exact) mass is 221 g/mol. The Morgan fingerprint density at radius 2 is 1.81 bits per heavy atom. The molecule has 1 aliphatic carbocycles. The molecule has 0 radical (unpaired) electrons. The normalized spacial score (nSPS) is 27.8. The van der Waals surface area contributed by atoms with Crippen LogP contribution in [0.25, 0.3) is 0 Å². The van der Waals surface area contributed by atoms with Crippen molar-refractivity contribution < 1.29 is 0 Å². The number of hydrogen-bond acceptors (Lipinski definition) is 1. The van der Waals surface area contributed by atoms with Gasteiger partial charge in [0, 0.05) is 18.8 Å². The molecule has 0 N–H and O–H groups in total. The predicted octanol–water partition coefficient (Wildman–Crippen LogP) is 4.20. The van der Waals surface area contributed by atoms with Crippen LogP contribution >= 0.6 is 0 Å². The van der Waals surface area contributed by atoms with Gasteiger partial charge in [-0.3, -0.25) is 0 Å². The van der Waals surface area contributed by atoms with E-state index in [0.29, 0.717) is 5.41 Å². The van der Waals surface area contributed by atoms with E-state index in [1.54, 1.807) is 5.70 Å². The van der Waals surface area contributed by atoms with Crippen LogP contribution in [0.4, 0.5) is 0 Å². The van der Waals surface area contributed by atoms with Gasteiger partial charge in [0.25, 0.3) is 0 Å². The van der Waals surface area contributed by atoms with Gasteiger partial charge in [0.15, 0.2) is 0 Å². The maximum Gasteiger partial charge on any atom is 0.0174 e. The van der Waals surface area contributed by atoms with E-state index in [0.717, 1.165) is 5.92 Å². The van der Waals surface area contributed by atoms with Crippen molar-refractivity contribution in [1.82, 2.24) is 4.90 Å². The third-order valence-electron chi connectivity index (χ3n) is 4.37. The van der Waals surface area contributed by atoms with Gasteiger partial charge in [-0.2, -0.15) is 0 Å². The van der Waals surface area contributed by atoms with Gasteiger partial charge in [0.1, 0.15) is 0 Å². The van der Waals surface area contributed by atoms with Gasteiger partial charge >= 0.3 is 0 Å². The van der Waals surface area contributed by atoms with Gasteiger partial charge in [-0.15, -0.1) is 0 Å². The topological polar surface area (TPSA) is 3.24 Å². The van der Waals surface area contributed by atoms with Crippen LogP contribution in [-0.4, -0.2) is 18.0 Å². The smallest absolute Gasteiger partial charge is 0.0174 e. The molecule has 1 aliphatic heterocycles. The van der Waals surface area contributed by atoms with E-state index in [-0.39, 0.29) is 0 Å². The SMILES string of the molecule is CC(C)(C)C1CC=C(N2CCCCC2)CC1. The van der Waals surface area contributed by atoms with Crippen LogP contribution in [0.1, 0.15) is 59.3 Å². The van der Waals surface area contributed by atoms with Crippen molar-refractivity contribution in [3.63, 3.8) is 0 Å². The molecule has 2 rings (SSSR count). The highest BCUT2D eigenvalue weighted by atomic mass is 15.1. The van der Waals surface area contributed by atoms with Gasteiger partial charge in [-0.1, -0.05) is 26.8 Å². The molecule has 92 valence electrons. The van der Waals surface area contributed by atoms with Gasteiger partial charge in [-0.25, -0.2) is 0 Å². The van der Waals surface area contributed by atoms with Crippen molar-refractivity contribution in [2.75, 3.05) is 13.1 Å². The highest BCUT2D eigenvalue weighted by Gasteiger charge is 2.27. The molecule has 1 atom stereocenters. The Balaban J connectivity index is 1.92. The summed E-state index contributed by atoms with van der Waals surface area (Å²) in [6, 6.07) is 0. The molecular weight excluding hydrogens is 194 g/mol. The van der Waals surface area contributed by atoms with Crippen molar-refractivity contribution in [1.29, 1.82) is 0 Å². The lowest BCUT2D eigenvalue weighted by atomic mass is 9.74. The fourth-order valence-corrected chi connectivity index (χ4v) is 3.08. The van der Waals surface area contributed by atoms with E-state index in [1.165, 1.54) is 51.6 Å². The second-order valence-electron chi connectivity index (χ2n) is 6.58. The predicted molar refractivity (Wildman–Crippen MR) is 70.3 cm³/mol. The molecule has 1 nitrogen and oxygen atoms in total. The lowest BCUT2D eigenvalue weighted by Gasteiger charge is -2.38. The Hall–Kier alpha value is -0.460. The third kappa shape index (κ3) is 2.81. The van der Waals surface area contributed by atoms with Crippen molar-refractivity contribution in [3.05, 3.63) is 11.8 Å². The molecule has 0 aromatic carbocycles. The molecule has 0 amide bonds. The van der Waals surface area contributed by atoms with E-state index in [1.807, 2.05) is 0 Å². The summed E-state index contributed by atoms with van der Waals surface area (Å²) in [5, 5.41) is 0. The van der Waals surface area contributed by atoms with Crippen LogP contribution in [0, 0.1) is 11.3 Å². The molecule has 1 unspecified atom stereocenters. The number of nitrogens with zero attached hydrogens (tertiary/aromatic N) is 1. The molecule has 0 spiro atoms. The number of hydrogen-bond donors (Lipinski definition) is 0. The van der Waals surface area contributed by atoms with Crippen molar-refractivity contribution >= 4 is 0 Å². The second-order valence-corrected chi connectivity index (χ2v) is 6.58. The minimum atomic E-state index is 0.490. The number of rotatable bonds is 1. The van der Waals surface area contributed by atoms with Crippen LogP contribution in [0.3, 0.4) is 0 Å². The molecule has 1 heteroatoms. The van der Waals surface area contributed by atoms with Gasteiger partial charge in [-0.05, 0) is 49.9 Å². The lowest BCUT2D eigenvalue weighted by molar-refractivity contribution is 0.198. The zero-order valence-corrected chi connectivity index (χ0v) is 11.3. The molecule has 0 saturated carbocycles. The molecule has 0 bridgehead atoms. The van der Waals surface area contributed by atoms with Crippen LogP contribution < -0.4 is 0 Å². The highest BCUT2D eigenvalue weighted by Crippen LogP contribution is 2.38. The molecule has 0 aromatic rings. The van der Waals surface area contributed by atoms with Crippen LogP contribution in [-0.2, 0) is 0 Å². The number of piperidine rings is 1. The summed E-state index contributed by atoms with van der Waals surface area (Å²) >= 11 is 0. The number of allylic oxidation sites excluding steroid dienone is 2. The summed E-state index contributed by atoms with van der Waals surface area (Å²) in [4.78, 5) is 2.64. The highest BCUT2D eigenvalue weighted by molar-refractivity contribution is 5.07. The largest absolute Gasteiger partial charge is 0.375 e. The molecule has 2 aliphatic rings. The quantitative estimate of drug-likeness (QED) is 0.641. The average Bonchev–Trinajstić information content (AvgIpc) is 2.29. The molecule has 16 heavy (non-hydrogen) atoms. The maximum absolute atomic E-state index is 2.64. The Morgan fingerprint density at radius 1 is 1.12 bits per heavy atom. The summed E-state index contributed by atoms with van der Waals surface area (Å²) in [7, 11) is 0. The average molecular weight is 221 g/mol. The Morgan fingerprint density at radius 3 is 2.31 bits per heavy atom. The van der Waals surface area contributed by atoms with Gasteiger partial charge in [0.2, 0.25) is 0 Å². The van der Waals surface area contributed by atoms with Gasteiger partial charge < -0.3 is 4.90 Å². The summed E-state index contributed by atoms with van der Waals surface area (Å²) < 4.78 is 0. The fraction of sp³-hybridized carbons (Fsp3) is 0.867. The van der Waals surface area contributed by atoms with Crippen LogP contribution in [0.2, 0.25) is 0 Å². The first-order valence-corrected chi connectivity index (χ1v) is 7.01. The van der Waals surface area contributed by atoms with Crippen molar-refractivity contribution in [2.45, 2.75) is 59.3 Å².